The van der Waals surface area contributed by atoms with Gasteiger partial charge in [0.05, 0.1) is 0 Å². The Morgan fingerprint density at radius 1 is 1.62 bits per heavy atom. The lowest BCUT2D eigenvalue weighted by atomic mass is 10.3. The third kappa shape index (κ3) is 2.32. The first kappa shape index (κ1) is 11.3. The van der Waals surface area contributed by atoms with Crippen LogP contribution in [0.2, 0.25) is 0 Å². The van der Waals surface area contributed by atoms with E-state index in [4.69, 9.17) is 12.2 Å². The molecule has 0 spiro atoms. The molecular weight excluding hydrogens is 224 g/mol. The highest BCUT2D eigenvalue weighted by Gasteiger charge is 2.29. The minimum Gasteiger partial charge on any atom is -0.349 e. The van der Waals surface area contributed by atoms with Crippen molar-refractivity contribution < 1.29 is 4.79 Å². The van der Waals surface area contributed by atoms with Crippen LogP contribution in [0.1, 0.15) is 31.0 Å². The van der Waals surface area contributed by atoms with Crippen molar-refractivity contribution in [2.24, 2.45) is 0 Å². The maximum atomic E-state index is 11.5. The number of nitrogens with zero attached hydrogens (tertiary/aromatic N) is 3. The molecule has 1 aromatic heterocycles. The summed E-state index contributed by atoms with van der Waals surface area (Å²) in [6.07, 6.45) is 2.84. The zero-order valence-corrected chi connectivity index (χ0v) is 10.4. The average Bonchev–Trinajstić information content (AvgIpc) is 3.00. The Bertz CT molecular complexity index is 444. The molecule has 1 amide bonds. The highest BCUT2D eigenvalue weighted by Crippen LogP contribution is 2.38. The molecule has 1 saturated carbocycles. The average molecular weight is 240 g/mol. The van der Waals surface area contributed by atoms with Gasteiger partial charge in [-0.1, -0.05) is 0 Å². The number of hydrogen-bond acceptors (Lipinski definition) is 3. The summed E-state index contributed by atoms with van der Waals surface area (Å²) in [4.78, 5) is 13.1. The van der Waals surface area contributed by atoms with E-state index in [-0.39, 0.29) is 5.91 Å². The summed E-state index contributed by atoms with van der Waals surface area (Å²) in [5.41, 5.74) is 0. The van der Waals surface area contributed by atoms with Crippen LogP contribution >= 0.6 is 12.2 Å². The van der Waals surface area contributed by atoms with Crippen molar-refractivity contribution in [1.29, 1.82) is 0 Å². The van der Waals surface area contributed by atoms with E-state index in [0.29, 0.717) is 23.7 Å². The van der Waals surface area contributed by atoms with Crippen LogP contribution in [0, 0.1) is 4.77 Å². The maximum Gasteiger partial charge on any atom is 0.223 e. The number of rotatable bonds is 4. The molecule has 0 radical (unpaired) electrons. The molecule has 2 rings (SSSR count). The van der Waals surface area contributed by atoms with Gasteiger partial charge in [0, 0.05) is 33.0 Å². The highest BCUT2D eigenvalue weighted by atomic mass is 32.1. The van der Waals surface area contributed by atoms with Gasteiger partial charge in [-0.3, -0.25) is 9.89 Å². The number of aromatic nitrogens is 3. The predicted octanol–water partition coefficient (Wildman–Crippen LogP) is 1.30. The van der Waals surface area contributed by atoms with Gasteiger partial charge in [-0.2, -0.15) is 5.10 Å². The predicted molar refractivity (Wildman–Crippen MR) is 62.7 cm³/mol. The van der Waals surface area contributed by atoms with E-state index in [1.54, 1.807) is 19.0 Å². The van der Waals surface area contributed by atoms with Gasteiger partial charge < -0.3 is 9.47 Å². The standard InChI is InChI=1S/C10H16N4OS/c1-13(2)8(15)5-6-14-9(7-3-4-7)11-12-10(14)16/h7H,3-6H2,1-2H3,(H,12,16). The quantitative estimate of drug-likeness (QED) is 0.807. The molecule has 0 saturated heterocycles. The third-order valence-corrected chi connectivity index (χ3v) is 3.09. The van der Waals surface area contributed by atoms with E-state index in [0.717, 1.165) is 5.82 Å². The molecule has 1 aliphatic carbocycles. The molecule has 1 heterocycles. The molecule has 88 valence electrons. The molecule has 0 atom stereocenters. The van der Waals surface area contributed by atoms with Gasteiger partial charge in [0.2, 0.25) is 5.91 Å². The number of nitrogens with one attached hydrogen (secondary N) is 1. The molecule has 0 bridgehead atoms. The summed E-state index contributed by atoms with van der Waals surface area (Å²) in [5, 5.41) is 7.02. The summed E-state index contributed by atoms with van der Waals surface area (Å²) >= 11 is 5.16. The van der Waals surface area contributed by atoms with Gasteiger partial charge in [-0.05, 0) is 25.1 Å². The van der Waals surface area contributed by atoms with E-state index in [9.17, 15) is 4.79 Å². The monoisotopic (exact) mass is 240 g/mol. The Morgan fingerprint density at radius 3 is 2.88 bits per heavy atom. The fourth-order valence-electron chi connectivity index (χ4n) is 1.63. The van der Waals surface area contributed by atoms with E-state index < -0.39 is 0 Å². The van der Waals surface area contributed by atoms with Gasteiger partial charge >= 0.3 is 0 Å². The highest BCUT2D eigenvalue weighted by molar-refractivity contribution is 7.71. The van der Waals surface area contributed by atoms with Crippen LogP contribution in [0.25, 0.3) is 0 Å². The molecule has 0 aromatic carbocycles. The molecule has 0 unspecified atom stereocenters. The molecule has 1 N–H and O–H groups in total. The van der Waals surface area contributed by atoms with Crippen molar-refractivity contribution in [2.75, 3.05) is 14.1 Å². The van der Waals surface area contributed by atoms with Crippen molar-refractivity contribution in [2.45, 2.75) is 31.7 Å². The summed E-state index contributed by atoms with van der Waals surface area (Å²) in [7, 11) is 3.53. The molecule has 5 nitrogen and oxygen atoms in total. The molecule has 1 aliphatic rings. The van der Waals surface area contributed by atoms with Gasteiger partial charge in [-0.15, -0.1) is 0 Å². The molecular formula is C10H16N4OS. The Hall–Kier alpha value is -1.17. The van der Waals surface area contributed by atoms with E-state index in [1.807, 2.05) is 4.57 Å². The Morgan fingerprint density at radius 2 is 2.31 bits per heavy atom. The number of aromatic amines is 1. The fraction of sp³-hybridized carbons (Fsp3) is 0.700. The second kappa shape index (κ2) is 4.37. The van der Waals surface area contributed by atoms with Gasteiger partial charge in [-0.25, -0.2) is 0 Å². The number of hydrogen-bond donors (Lipinski definition) is 1. The maximum absolute atomic E-state index is 11.5. The first-order chi connectivity index (χ1) is 7.59. The fourth-order valence-corrected chi connectivity index (χ4v) is 1.86. The van der Waals surface area contributed by atoms with Crippen molar-refractivity contribution in [3.63, 3.8) is 0 Å². The third-order valence-electron chi connectivity index (χ3n) is 2.78. The molecule has 1 fully saturated rings. The van der Waals surface area contributed by atoms with Crippen LogP contribution in [-0.2, 0) is 11.3 Å². The van der Waals surface area contributed by atoms with Crippen molar-refractivity contribution in [1.82, 2.24) is 19.7 Å². The van der Waals surface area contributed by atoms with Crippen molar-refractivity contribution in [3.8, 4) is 0 Å². The largest absolute Gasteiger partial charge is 0.349 e. The second-order valence-electron chi connectivity index (χ2n) is 4.35. The zero-order valence-electron chi connectivity index (χ0n) is 9.56. The number of carbonyl (C=O) groups is 1. The summed E-state index contributed by atoms with van der Waals surface area (Å²) in [6.45, 7) is 0.623. The lowest BCUT2D eigenvalue weighted by molar-refractivity contribution is -0.128. The summed E-state index contributed by atoms with van der Waals surface area (Å²) in [6, 6.07) is 0. The lowest BCUT2D eigenvalue weighted by Gasteiger charge is -2.11. The van der Waals surface area contributed by atoms with E-state index in [1.165, 1.54) is 12.8 Å². The SMILES string of the molecule is CN(C)C(=O)CCn1c(C2CC2)n[nH]c1=S. The first-order valence-electron chi connectivity index (χ1n) is 5.45. The Kier molecular flexibility index (Phi) is 3.09. The zero-order chi connectivity index (χ0) is 11.7. The number of carbonyl (C=O) groups excluding carboxylic acids is 1. The molecule has 1 aromatic rings. The Balaban J connectivity index is 2.06. The first-order valence-corrected chi connectivity index (χ1v) is 5.85. The number of H-pyrrole nitrogens is 1. The van der Waals surface area contributed by atoms with Crippen molar-refractivity contribution >= 4 is 18.1 Å². The van der Waals surface area contributed by atoms with Crippen LogP contribution in [0.4, 0.5) is 0 Å². The van der Waals surface area contributed by atoms with Gasteiger partial charge in [0.25, 0.3) is 0 Å². The van der Waals surface area contributed by atoms with Crippen molar-refractivity contribution in [3.05, 3.63) is 10.6 Å². The van der Waals surface area contributed by atoms with Crippen LogP contribution in [0.5, 0.6) is 0 Å². The normalized spacial score (nSPS) is 15.1. The molecule has 0 aliphatic heterocycles. The van der Waals surface area contributed by atoms with Gasteiger partial charge in [0.1, 0.15) is 5.82 Å². The minimum atomic E-state index is 0.116. The summed E-state index contributed by atoms with van der Waals surface area (Å²) < 4.78 is 2.57. The second-order valence-corrected chi connectivity index (χ2v) is 4.74. The molecule has 16 heavy (non-hydrogen) atoms. The van der Waals surface area contributed by atoms with E-state index in [2.05, 4.69) is 10.2 Å². The smallest absolute Gasteiger partial charge is 0.223 e. The molecule has 6 heteroatoms. The van der Waals surface area contributed by atoms with Crippen LogP contribution in [0.15, 0.2) is 0 Å². The lowest BCUT2D eigenvalue weighted by Crippen LogP contribution is -2.23. The van der Waals surface area contributed by atoms with Crippen LogP contribution in [0.3, 0.4) is 0 Å². The topological polar surface area (TPSA) is 53.9 Å². The Labute approximate surface area is 99.5 Å². The summed E-state index contributed by atoms with van der Waals surface area (Å²) in [5.74, 6) is 1.67. The number of amides is 1. The van der Waals surface area contributed by atoms with Gasteiger partial charge in [0.15, 0.2) is 4.77 Å². The van der Waals surface area contributed by atoms with Crippen LogP contribution < -0.4 is 0 Å². The van der Waals surface area contributed by atoms with Crippen LogP contribution in [-0.4, -0.2) is 39.7 Å². The van der Waals surface area contributed by atoms with E-state index >= 15 is 0 Å². The minimum absolute atomic E-state index is 0.116.